The molecule has 3 rings (SSSR count). The lowest BCUT2D eigenvalue weighted by Gasteiger charge is -2.30. The number of ether oxygens (including phenoxy) is 1. The van der Waals surface area contributed by atoms with Crippen LogP contribution in [-0.2, 0) is 16.1 Å². The summed E-state index contributed by atoms with van der Waals surface area (Å²) in [6.07, 6.45) is 0.787. The minimum Gasteiger partial charge on any atom is -0.481 e. The lowest BCUT2D eigenvalue weighted by atomic mass is 9.96. The molecule has 0 spiro atoms. The standard InChI is InChI=1S/C22H26FN3O3/c1-15(29-20-7-3-5-18(23)13-20)22(28)25-19-6-2-4-16(12-19)14-26-10-8-17(9-11-26)21(24)27/h2-7,12-13,15,17H,8-11,14H2,1H3,(H2,24,27)(H,25,28). The zero-order valence-corrected chi connectivity index (χ0v) is 16.4. The number of rotatable bonds is 7. The van der Waals surface area contributed by atoms with Gasteiger partial charge in [0.1, 0.15) is 11.6 Å². The van der Waals surface area contributed by atoms with Crippen molar-refractivity contribution in [2.75, 3.05) is 18.4 Å². The zero-order chi connectivity index (χ0) is 20.8. The first-order valence-corrected chi connectivity index (χ1v) is 9.74. The first-order valence-electron chi connectivity index (χ1n) is 9.74. The summed E-state index contributed by atoms with van der Waals surface area (Å²) in [5, 5.41) is 2.84. The van der Waals surface area contributed by atoms with Crippen LogP contribution in [0.5, 0.6) is 5.75 Å². The minimum atomic E-state index is -0.770. The van der Waals surface area contributed by atoms with Gasteiger partial charge in [-0.25, -0.2) is 4.39 Å². The van der Waals surface area contributed by atoms with Gasteiger partial charge in [-0.05, 0) is 62.7 Å². The maximum absolute atomic E-state index is 13.3. The number of carbonyl (C=O) groups is 2. The number of nitrogens with zero attached hydrogens (tertiary/aromatic N) is 1. The molecule has 1 aliphatic rings. The van der Waals surface area contributed by atoms with E-state index in [1.165, 1.54) is 18.2 Å². The smallest absolute Gasteiger partial charge is 0.265 e. The number of carbonyl (C=O) groups excluding carboxylic acids is 2. The Morgan fingerprint density at radius 1 is 1.21 bits per heavy atom. The summed E-state index contributed by atoms with van der Waals surface area (Å²) in [5.41, 5.74) is 7.13. The number of amides is 2. The summed E-state index contributed by atoms with van der Waals surface area (Å²) in [7, 11) is 0. The number of benzene rings is 2. The second-order valence-electron chi connectivity index (χ2n) is 7.36. The topological polar surface area (TPSA) is 84.7 Å². The van der Waals surface area contributed by atoms with Gasteiger partial charge in [-0.15, -0.1) is 0 Å². The van der Waals surface area contributed by atoms with Gasteiger partial charge in [-0.1, -0.05) is 18.2 Å². The van der Waals surface area contributed by atoms with Gasteiger partial charge in [0.15, 0.2) is 6.10 Å². The highest BCUT2D eigenvalue weighted by molar-refractivity contribution is 5.94. The van der Waals surface area contributed by atoms with E-state index in [-0.39, 0.29) is 17.7 Å². The molecule has 1 fully saturated rings. The lowest BCUT2D eigenvalue weighted by Crippen LogP contribution is -2.38. The van der Waals surface area contributed by atoms with Crippen LogP contribution in [0.3, 0.4) is 0 Å². The summed E-state index contributed by atoms with van der Waals surface area (Å²) >= 11 is 0. The first-order chi connectivity index (χ1) is 13.9. The Hall–Kier alpha value is -2.93. The molecule has 2 amide bonds. The molecule has 154 valence electrons. The van der Waals surface area contributed by atoms with Crippen LogP contribution in [0.2, 0.25) is 0 Å². The van der Waals surface area contributed by atoms with Gasteiger partial charge in [-0.2, -0.15) is 0 Å². The number of nitrogens with one attached hydrogen (secondary N) is 1. The molecule has 7 heteroatoms. The molecular formula is C22H26FN3O3. The van der Waals surface area contributed by atoms with Crippen molar-refractivity contribution < 1.29 is 18.7 Å². The minimum absolute atomic E-state index is 0.0311. The maximum Gasteiger partial charge on any atom is 0.265 e. The number of nitrogens with two attached hydrogens (primary N) is 1. The molecule has 6 nitrogen and oxygen atoms in total. The molecule has 1 unspecified atom stereocenters. The van der Waals surface area contributed by atoms with E-state index in [4.69, 9.17) is 10.5 Å². The molecule has 0 saturated carbocycles. The predicted molar refractivity (Wildman–Crippen MR) is 109 cm³/mol. The van der Waals surface area contributed by atoms with Gasteiger partial charge < -0.3 is 15.8 Å². The molecule has 0 radical (unpaired) electrons. The third-order valence-corrected chi connectivity index (χ3v) is 5.07. The monoisotopic (exact) mass is 399 g/mol. The van der Waals surface area contributed by atoms with Gasteiger partial charge in [0.25, 0.3) is 5.91 Å². The highest BCUT2D eigenvalue weighted by Crippen LogP contribution is 2.20. The van der Waals surface area contributed by atoms with Crippen molar-refractivity contribution in [3.8, 4) is 5.75 Å². The van der Waals surface area contributed by atoms with E-state index in [1.807, 2.05) is 24.3 Å². The van der Waals surface area contributed by atoms with E-state index < -0.39 is 11.9 Å². The largest absolute Gasteiger partial charge is 0.481 e. The van der Waals surface area contributed by atoms with Gasteiger partial charge >= 0.3 is 0 Å². The Morgan fingerprint density at radius 3 is 2.62 bits per heavy atom. The van der Waals surface area contributed by atoms with Crippen LogP contribution in [0.25, 0.3) is 0 Å². The van der Waals surface area contributed by atoms with E-state index >= 15 is 0 Å². The van der Waals surface area contributed by atoms with E-state index in [0.29, 0.717) is 11.4 Å². The second kappa shape index (κ2) is 9.52. The fourth-order valence-corrected chi connectivity index (χ4v) is 3.42. The van der Waals surface area contributed by atoms with Crippen LogP contribution >= 0.6 is 0 Å². The van der Waals surface area contributed by atoms with E-state index in [0.717, 1.165) is 38.0 Å². The average Bonchev–Trinajstić information content (AvgIpc) is 2.68. The highest BCUT2D eigenvalue weighted by Gasteiger charge is 2.23. The van der Waals surface area contributed by atoms with Gasteiger partial charge in [-0.3, -0.25) is 14.5 Å². The van der Waals surface area contributed by atoms with E-state index in [2.05, 4.69) is 10.2 Å². The first kappa shape index (κ1) is 20.8. The zero-order valence-electron chi connectivity index (χ0n) is 16.4. The number of halogens is 1. The normalized spacial score (nSPS) is 16.2. The van der Waals surface area contributed by atoms with Gasteiger partial charge in [0.05, 0.1) is 0 Å². The summed E-state index contributed by atoms with van der Waals surface area (Å²) in [5.74, 6) is -0.669. The van der Waals surface area contributed by atoms with Crippen molar-refractivity contribution >= 4 is 17.5 Å². The molecule has 0 aliphatic carbocycles. The molecule has 3 N–H and O–H groups in total. The maximum atomic E-state index is 13.3. The quantitative estimate of drug-likeness (QED) is 0.750. The molecule has 29 heavy (non-hydrogen) atoms. The molecule has 1 atom stereocenters. The fourth-order valence-electron chi connectivity index (χ4n) is 3.42. The average molecular weight is 399 g/mol. The van der Waals surface area contributed by atoms with Crippen molar-refractivity contribution in [2.24, 2.45) is 11.7 Å². The van der Waals surface area contributed by atoms with Crippen LogP contribution in [-0.4, -0.2) is 35.9 Å². The van der Waals surface area contributed by atoms with Crippen molar-refractivity contribution in [2.45, 2.75) is 32.4 Å². The Morgan fingerprint density at radius 2 is 1.93 bits per heavy atom. The van der Waals surface area contributed by atoms with Crippen LogP contribution in [0.1, 0.15) is 25.3 Å². The molecule has 2 aromatic carbocycles. The molecule has 1 heterocycles. The predicted octanol–water partition coefficient (Wildman–Crippen LogP) is 2.93. The number of anilines is 1. The molecular weight excluding hydrogens is 373 g/mol. The van der Waals surface area contributed by atoms with Crippen molar-refractivity contribution in [1.29, 1.82) is 0 Å². The highest BCUT2D eigenvalue weighted by atomic mass is 19.1. The van der Waals surface area contributed by atoms with Crippen molar-refractivity contribution in [3.05, 3.63) is 59.9 Å². The summed E-state index contributed by atoms with van der Waals surface area (Å²) in [6.45, 7) is 4.00. The number of hydrogen-bond donors (Lipinski definition) is 2. The number of primary amides is 1. The van der Waals surface area contributed by atoms with Crippen molar-refractivity contribution in [1.82, 2.24) is 4.90 Å². The number of piperidine rings is 1. The van der Waals surface area contributed by atoms with Crippen LogP contribution in [0, 0.1) is 11.7 Å². The van der Waals surface area contributed by atoms with Crippen LogP contribution < -0.4 is 15.8 Å². The van der Waals surface area contributed by atoms with Crippen LogP contribution in [0.15, 0.2) is 48.5 Å². The summed E-state index contributed by atoms with van der Waals surface area (Å²) in [6, 6.07) is 13.3. The van der Waals surface area contributed by atoms with E-state index in [1.54, 1.807) is 13.0 Å². The SMILES string of the molecule is CC(Oc1cccc(F)c1)C(=O)Nc1cccc(CN2CCC(C(N)=O)CC2)c1. The Balaban J connectivity index is 1.54. The fraction of sp³-hybridized carbons (Fsp3) is 0.364. The number of hydrogen-bond acceptors (Lipinski definition) is 4. The van der Waals surface area contributed by atoms with Gasteiger partial charge in [0, 0.05) is 24.2 Å². The van der Waals surface area contributed by atoms with Crippen LogP contribution in [0.4, 0.5) is 10.1 Å². The molecule has 0 aromatic heterocycles. The summed E-state index contributed by atoms with van der Waals surface area (Å²) in [4.78, 5) is 26.0. The second-order valence-corrected chi connectivity index (χ2v) is 7.36. The molecule has 0 bridgehead atoms. The third kappa shape index (κ3) is 6.02. The molecule has 2 aromatic rings. The third-order valence-electron chi connectivity index (χ3n) is 5.07. The Labute approximate surface area is 169 Å². The van der Waals surface area contributed by atoms with Gasteiger partial charge in [0.2, 0.25) is 5.91 Å². The molecule has 1 aliphatic heterocycles. The lowest BCUT2D eigenvalue weighted by molar-refractivity contribution is -0.123. The number of likely N-dealkylation sites (tertiary alicyclic amines) is 1. The van der Waals surface area contributed by atoms with Crippen molar-refractivity contribution in [3.63, 3.8) is 0 Å². The Bertz CT molecular complexity index is 866. The Kier molecular flexibility index (Phi) is 6.82. The van der Waals surface area contributed by atoms with E-state index in [9.17, 15) is 14.0 Å². The summed E-state index contributed by atoms with van der Waals surface area (Å²) < 4.78 is 18.8. The molecule has 1 saturated heterocycles.